The molecule has 2 aromatic rings. The largest absolute Gasteiger partial charge is 0.394 e. The van der Waals surface area contributed by atoms with Crippen molar-refractivity contribution in [2.45, 2.75) is 43.9 Å². The van der Waals surface area contributed by atoms with Gasteiger partial charge >= 0.3 is 0 Å². The van der Waals surface area contributed by atoms with E-state index >= 15 is 0 Å². The summed E-state index contributed by atoms with van der Waals surface area (Å²) < 4.78 is 23.9. The molecule has 1 saturated heterocycles. The number of azide groups is 1. The van der Waals surface area contributed by atoms with Crippen LogP contribution in [0.25, 0.3) is 10.4 Å². The van der Waals surface area contributed by atoms with Gasteiger partial charge in [0.2, 0.25) is 0 Å². The molecule has 2 aromatic carbocycles. The number of benzene rings is 2. The number of nitrogens with zero attached hydrogens (tertiary/aromatic N) is 3. The first-order chi connectivity index (χ1) is 15.3. The van der Waals surface area contributed by atoms with Crippen molar-refractivity contribution in [3.63, 3.8) is 0 Å². The van der Waals surface area contributed by atoms with Gasteiger partial charge in [-0.15, -0.1) is 6.58 Å². The number of hydrogen-bond acceptors (Lipinski definition) is 6. The highest BCUT2D eigenvalue weighted by atomic mass is 16.7. The zero-order valence-electron chi connectivity index (χ0n) is 17.2. The van der Waals surface area contributed by atoms with E-state index in [0.717, 1.165) is 11.1 Å². The molecular weight excluding hydrogens is 398 g/mol. The van der Waals surface area contributed by atoms with Crippen LogP contribution in [0.3, 0.4) is 0 Å². The Morgan fingerprint density at radius 3 is 2.06 bits per heavy atom. The Hall–Kier alpha value is -2.71. The maximum atomic E-state index is 9.98. The Balaban J connectivity index is 1.84. The van der Waals surface area contributed by atoms with Crippen molar-refractivity contribution in [3.05, 3.63) is 94.9 Å². The van der Waals surface area contributed by atoms with Gasteiger partial charge in [-0.05, 0) is 16.7 Å². The molecule has 1 fully saturated rings. The number of ether oxygens (including phenoxy) is 4. The van der Waals surface area contributed by atoms with Gasteiger partial charge in [-0.1, -0.05) is 71.9 Å². The van der Waals surface area contributed by atoms with E-state index in [0.29, 0.717) is 0 Å². The van der Waals surface area contributed by atoms with Gasteiger partial charge in [-0.25, -0.2) is 0 Å². The maximum absolute atomic E-state index is 9.98. The average Bonchev–Trinajstić information content (AvgIpc) is 2.82. The highest BCUT2D eigenvalue weighted by Gasteiger charge is 2.47. The lowest BCUT2D eigenvalue weighted by Crippen LogP contribution is -2.60. The van der Waals surface area contributed by atoms with E-state index in [1.165, 1.54) is 0 Å². The molecule has 0 spiro atoms. The molecule has 3 rings (SSSR count). The zero-order valence-corrected chi connectivity index (χ0v) is 17.2. The monoisotopic (exact) mass is 425 g/mol. The highest BCUT2D eigenvalue weighted by molar-refractivity contribution is 5.14. The number of hydrogen-bond donors (Lipinski definition) is 1. The van der Waals surface area contributed by atoms with Crippen molar-refractivity contribution in [1.29, 1.82) is 0 Å². The minimum Gasteiger partial charge on any atom is -0.394 e. The molecule has 1 aliphatic heterocycles. The SMILES string of the molecule is C=CCO[C@@H]1O[C@H](CO)[C@H](OCc2ccccc2)[C@H](OCc2ccccc2)[C@H]1N=[N+]=[N-]. The van der Waals surface area contributed by atoms with Crippen LogP contribution in [0.1, 0.15) is 11.1 Å². The van der Waals surface area contributed by atoms with Gasteiger partial charge < -0.3 is 24.1 Å². The summed E-state index contributed by atoms with van der Waals surface area (Å²) in [6, 6.07) is 18.5. The molecule has 31 heavy (non-hydrogen) atoms. The summed E-state index contributed by atoms with van der Waals surface area (Å²) in [7, 11) is 0. The van der Waals surface area contributed by atoms with E-state index in [1.807, 2.05) is 60.7 Å². The van der Waals surface area contributed by atoms with Gasteiger partial charge in [-0.2, -0.15) is 0 Å². The van der Waals surface area contributed by atoms with Crippen molar-refractivity contribution in [3.8, 4) is 0 Å². The fourth-order valence-corrected chi connectivity index (χ4v) is 3.45. The Kier molecular flexibility index (Phi) is 9.05. The minimum absolute atomic E-state index is 0.196. The predicted molar refractivity (Wildman–Crippen MR) is 115 cm³/mol. The number of aliphatic hydroxyl groups excluding tert-OH is 1. The second kappa shape index (κ2) is 12.2. The van der Waals surface area contributed by atoms with E-state index in [9.17, 15) is 5.11 Å². The summed E-state index contributed by atoms with van der Waals surface area (Å²) >= 11 is 0. The second-order valence-electron chi connectivity index (χ2n) is 7.07. The first-order valence-corrected chi connectivity index (χ1v) is 10.1. The Bertz CT molecular complexity index is 845. The van der Waals surface area contributed by atoms with Gasteiger partial charge in [0.25, 0.3) is 0 Å². The van der Waals surface area contributed by atoms with Gasteiger partial charge in [0.15, 0.2) is 6.29 Å². The molecular formula is C23H27N3O5. The topological polar surface area (TPSA) is 106 Å². The summed E-state index contributed by atoms with van der Waals surface area (Å²) in [5.41, 5.74) is 11.1. The molecule has 0 unspecified atom stereocenters. The fraction of sp³-hybridized carbons (Fsp3) is 0.391. The van der Waals surface area contributed by atoms with Crippen molar-refractivity contribution in [2.24, 2.45) is 5.11 Å². The fourth-order valence-electron chi connectivity index (χ4n) is 3.45. The third kappa shape index (κ3) is 6.38. The molecule has 8 nitrogen and oxygen atoms in total. The van der Waals surface area contributed by atoms with Gasteiger partial charge in [-0.3, -0.25) is 0 Å². The molecule has 0 amide bonds. The van der Waals surface area contributed by atoms with Crippen LogP contribution in [-0.4, -0.2) is 49.0 Å². The summed E-state index contributed by atoms with van der Waals surface area (Å²) in [6.45, 7) is 4.10. The normalized spacial score (nSPS) is 25.5. The Labute approximate surface area is 181 Å². The van der Waals surface area contributed by atoms with Crippen molar-refractivity contribution in [1.82, 2.24) is 0 Å². The van der Waals surface area contributed by atoms with Crippen LogP contribution in [-0.2, 0) is 32.2 Å². The van der Waals surface area contributed by atoms with Crippen LogP contribution < -0.4 is 0 Å². The van der Waals surface area contributed by atoms with Crippen molar-refractivity contribution >= 4 is 0 Å². The van der Waals surface area contributed by atoms with E-state index in [-0.39, 0.29) is 26.4 Å². The van der Waals surface area contributed by atoms with E-state index in [4.69, 9.17) is 24.5 Å². The van der Waals surface area contributed by atoms with Gasteiger partial charge in [0.1, 0.15) is 24.4 Å². The van der Waals surface area contributed by atoms with Crippen LogP contribution >= 0.6 is 0 Å². The molecule has 1 heterocycles. The second-order valence-corrected chi connectivity index (χ2v) is 7.07. The highest BCUT2D eigenvalue weighted by Crippen LogP contribution is 2.30. The van der Waals surface area contributed by atoms with E-state index < -0.39 is 30.6 Å². The smallest absolute Gasteiger partial charge is 0.169 e. The third-order valence-corrected chi connectivity index (χ3v) is 4.93. The van der Waals surface area contributed by atoms with Gasteiger partial charge in [0.05, 0.1) is 26.4 Å². The number of aliphatic hydroxyl groups is 1. The van der Waals surface area contributed by atoms with Crippen LogP contribution in [0, 0.1) is 0 Å². The van der Waals surface area contributed by atoms with Crippen molar-refractivity contribution < 1.29 is 24.1 Å². The molecule has 0 radical (unpaired) electrons. The Morgan fingerprint density at radius 1 is 0.968 bits per heavy atom. The maximum Gasteiger partial charge on any atom is 0.169 e. The first-order valence-electron chi connectivity index (χ1n) is 10.1. The molecule has 0 saturated carbocycles. The summed E-state index contributed by atoms with van der Waals surface area (Å²) in [4.78, 5) is 2.97. The van der Waals surface area contributed by atoms with Crippen LogP contribution in [0.5, 0.6) is 0 Å². The van der Waals surface area contributed by atoms with E-state index in [2.05, 4.69) is 16.6 Å². The standard InChI is InChI=1S/C23H27N3O5/c1-2-13-28-23-20(25-26-24)22(30-16-18-11-7-4-8-12-18)21(19(14-27)31-23)29-15-17-9-5-3-6-10-17/h2-12,19-23,27H,1,13-16H2/t19-,20-,21+,22-,23-/m1/s1. The molecule has 0 aromatic heterocycles. The third-order valence-electron chi connectivity index (χ3n) is 4.93. The minimum atomic E-state index is -0.900. The molecule has 0 bridgehead atoms. The predicted octanol–water partition coefficient (Wildman–Crippen LogP) is 3.76. The Morgan fingerprint density at radius 2 is 1.55 bits per heavy atom. The summed E-state index contributed by atoms with van der Waals surface area (Å²) in [6.07, 6.45) is -1.41. The molecule has 0 aliphatic carbocycles. The molecule has 164 valence electrons. The molecule has 8 heteroatoms. The van der Waals surface area contributed by atoms with E-state index in [1.54, 1.807) is 6.08 Å². The number of rotatable bonds is 11. The molecule has 5 atom stereocenters. The lowest BCUT2D eigenvalue weighted by molar-refractivity contribution is -0.281. The van der Waals surface area contributed by atoms with Crippen LogP contribution in [0.4, 0.5) is 0 Å². The average molecular weight is 425 g/mol. The molecule has 1 N–H and O–H groups in total. The van der Waals surface area contributed by atoms with Crippen molar-refractivity contribution in [2.75, 3.05) is 13.2 Å². The van der Waals surface area contributed by atoms with Gasteiger partial charge in [0, 0.05) is 4.91 Å². The zero-order chi connectivity index (χ0) is 21.9. The lowest BCUT2D eigenvalue weighted by atomic mass is 9.96. The first kappa shape index (κ1) is 23.0. The molecule has 1 aliphatic rings. The quantitative estimate of drug-likeness (QED) is 0.255. The summed E-state index contributed by atoms with van der Waals surface area (Å²) in [5, 5.41) is 13.9. The lowest BCUT2D eigenvalue weighted by Gasteiger charge is -2.44. The summed E-state index contributed by atoms with van der Waals surface area (Å²) in [5.74, 6) is 0. The van der Waals surface area contributed by atoms with Crippen LogP contribution in [0.2, 0.25) is 0 Å². The van der Waals surface area contributed by atoms with Crippen LogP contribution in [0.15, 0.2) is 78.4 Å².